The molecule has 0 aliphatic heterocycles. The Morgan fingerprint density at radius 2 is 1.96 bits per heavy atom. The van der Waals surface area contributed by atoms with Gasteiger partial charge < -0.3 is 10.1 Å². The Bertz CT molecular complexity index is 717. The van der Waals surface area contributed by atoms with Gasteiger partial charge in [0.15, 0.2) is 6.61 Å². The van der Waals surface area contributed by atoms with Crippen LogP contribution in [0.5, 0.6) is 5.75 Å². The maximum atomic E-state index is 12.6. The van der Waals surface area contributed by atoms with Crippen LogP contribution in [0, 0.1) is 6.92 Å². The average molecular weight is 344 g/mol. The second kappa shape index (κ2) is 6.91. The van der Waals surface area contributed by atoms with E-state index < -0.39 is 17.6 Å². The van der Waals surface area contributed by atoms with Crippen molar-refractivity contribution in [3.05, 3.63) is 58.6 Å². The molecule has 2 rings (SSSR count). The molecule has 122 valence electrons. The number of anilines is 1. The molecule has 0 aliphatic carbocycles. The molecule has 0 saturated heterocycles. The fourth-order valence-electron chi connectivity index (χ4n) is 1.83. The molecule has 0 fully saturated rings. The van der Waals surface area contributed by atoms with Gasteiger partial charge in [0.25, 0.3) is 5.91 Å². The van der Waals surface area contributed by atoms with Gasteiger partial charge in [-0.1, -0.05) is 17.7 Å². The van der Waals surface area contributed by atoms with Crippen molar-refractivity contribution in [1.29, 1.82) is 0 Å². The van der Waals surface area contributed by atoms with E-state index in [2.05, 4.69) is 5.32 Å². The Kier molecular flexibility index (Phi) is 5.15. The van der Waals surface area contributed by atoms with Gasteiger partial charge in [0.1, 0.15) is 5.75 Å². The molecule has 0 bridgehead atoms. The first kappa shape index (κ1) is 17.1. The number of carbonyl (C=O) groups is 1. The van der Waals surface area contributed by atoms with E-state index in [4.69, 9.17) is 16.3 Å². The predicted molar refractivity (Wildman–Crippen MR) is 81.8 cm³/mol. The highest BCUT2D eigenvalue weighted by atomic mass is 35.5. The third-order valence-corrected chi connectivity index (χ3v) is 3.40. The zero-order chi connectivity index (χ0) is 17.0. The van der Waals surface area contributed by atoms with Gasteiger partial charge in [-0.2, -0.15) is 13.2 Å². The molecule has 0 saturated carbocycles. The lowest BCUT2D eigenvalue weighted by Crippen LogP contribution is -2.20. The Morgan fingerprint density at radius 1 is 1.22 bits per heavy atom. The standard InChI is InChI=1S/C16H13ClF3NO2/c1-10-7-13(5-6-14(10)17)23-9-15(22)21-12-4-2-3-11(8-12)16(18,19)20/h2-8H,9H2,1H3,(H,21,22). The monoisotopic (exact) mass is 343 g/mol. The summed E-state index contributed by atoms with van der Waals surface area (Å²) in [6.45, 7) is 1.47. The number of rotatable bonds is 4. The lowest BCUT2D eigenvalue weighted by atomic mass is 10.2. The van der Waals surface area contributed by atoms with Crippen molar-refractivity contribution >= 4 is 23.2 Å². The van der Waals surface area contributed by atoms with Crippen LogP contribution >= 0.6 is 11.6 Å². The van der Waals surface area contributed by atoms with Crippen molar-refractivity contribution in [3.63, 3.8) is 0 Å². The molecule has 0 aromatic heterocycles. The Balaban J connectivity index is 1.96. The normalized spacial score (nSPS) is 11.2. The second-order valence-electron chi connectivity index (χ2n) is 4.83. The molecule has 1 amide bonds. The SMILES string of the molecule is Cc1cc(OCC(=O)Nc2cccc(C(F)(F)F)c2)ccc1Cl. The van der Waals surface area contributed by atoms with Gasteiger partial charge in [-0.05, 0) is 48.9 Å². The number of carbonyl (C=O) groups excluding carboxylic acids is 1. The zero-order valence-electron chi connectivity index (χ0n) is 12.1. The fourth-order valence-corrected chi connectivity index (χ4v) is 1.94. The van der Waals surface area contributed by atoms with E-state index in [1.807, 2.05) is 0 Å². The van der Waals surface area contributed by atoms with E-state index in [9.17, 15) is 18.0 Å². The summed E-state index contributed by atoms with van der Waals surface area (Å²) in [6.07, 6.45) is -4.46. The highest BCUT2D eigenvalue weighted by molar-refractivity contribution is 6.31. The lowest BCUT2D eigenvalue weighted by Gasteiger charge is -2.11. The van der Waals surface area contributed by atoms with Crippen LogP contribution in [-0.4, -0.2) is 12.5 Å². The van der Waals surface area contributed by atoms with Gasteiger partial charge in [-0.25, -0.2) is 0 Å². The molecule has 0 heterocycles. The molecule has 0 radical (unpaired) electrons. The minimum absolute atomic E-state index is 0.0562. The van der Waals surface area contributed by atoms with Crippen molar-refractivity contribution < 1.29 is 22.7 Å². The first-order valence-corrected chi connectivity index (χ1v) is 6.99. The van der Waals surface area contributed by atoms with Crippen LogP contribution in [0.3, 0.4) is 0 Å². The smallest absolute Gasteiger partial charge is 0.416 e. The van der Waals surface area contributed by atoms with Crippen molar-refractivity contribution in [2.45, 2.75) is 13.1 Å². The highest BCUT2D eigenvalue weighted by Crippen LogP contribution is 2.30. The number of halogens is 4. The first-order chi connectivity index (χ1) is 10.8. The summed E-state index contributed by atoms with van der Waals surface area (Å²) < 4.78 is 43.1. The molecule has 2 aromatic rings. The minimum Gasteiger partial charge on any atom is -0.484 e. The molecule has 3 nitrogen and oxygen atoms in total. The predicted octanol–water partition coefficient (Wildman–Crippen LogP) is 4.68. The molecule has 1 N–H and O–H groups in total. The average Bonchev–Trinajstić information content (AvgIpc) is 2.48. The number of hydrogen-bond donors (Lipinski definition) is 1. The van der Waals surface area contributed by atoms with Crippen molar-refractivity contribution in [1.82, 2.24) is 0 Å². The van der Waals surface area contributed by atoms with E-state index in [0.29, 0.717) is 10.8 Å². The summed E-state index contributed by atoms with van der Waals surface area (Å²) in [7, 11) is 0. The van der Waals surface area contributed by atoms with E-state index in [-0.39, 0.29) is 12.3 Å². The fraction of sp³-hybridized carbons (Fsp3) is 0.188. The van der Waals surface area contributed by atoms with Crippen LogP contribution in [0.1, 0.15) is 11.1 Å². The van der Waals surface area contributed by atoms with E-state index >= 15 is 0 Å². The van der Waals surface area contributed by atoms with Crippen molar-refractivity contribution in [2.24, 2.45) is 0 Å². The second-order valence-corrected chi connectivity index (χ2v) is 5.23. The number of benzene rings is 2. The van der Waals surface area contributed by atoms with Gasteiger partial charge in [0.05, 0.1) is 5.56 Å². The van der Waals surface area contributed by atoms with Crippen LogP contribution in [0.15, 0.2) is 42.5 Å². The largest absolute Gasteiger partial charge is 0.484 e. The number of hydrogen-bond acceptors (Lipinski definition) is 2. The Morgan fingerprint density at radius 3 is 2.61 bits per heavy atom. The summed E-state index contributed by atoms with van der Waals surface area (Å²) in [5.41, 5.74) is 0.0210. The van der Waals surface area contributed by atoms with Crippen LogP contribution in [0.4, 0.5) is 18.9 Å². The van der Waals surface area contributed by atoms with Crippen molar-refractivity contribution in [3.8, 4) is 5.75 Å². The van der Waals surface area contributed by atoms with E-state index in [1.54, 1.807) is 25.1 Å². The number of nitrogens with one attached hydrogen (secondary N) is 1. The summed E-state index contributed by atoms with van der Waals surface area (Å²) in [6, 6.07) is 9.30. The van der Waals surface area contributed by atoms with E-state index in [1.165, 1.54) is 12.1 Å². The third-order valence-electron chi connectivity index (χ3n) is 2.97. The molecular formula is C16H13ClF3NO2. The molecule has 2 aromatic carbocycles. The molecule has 0 unspecified atom stereocenters. The first-order valence-electron chi connectivity index (χ1n) is 6.62. The Labute approximate surface area is 136 Å². The summed E-state index contributed by atoms with van der Waals surface area (Å²) >= 11 is 5.88. The van der Waals surface area contributed by atoms with Crippen LogP contribution in [-0.2, 0) is 11.0 Å². The Hall–Kier alpha value is -2.21. The van der Waals surface area contributed by atoms with Gasteiger partial charge in [-0.3, -0.25) is 4.79 Å². The lowest BCUT2D eigenvalue weighted by molar-refractivity contribution is -0.137. The van der Waals surface area contributed by atoms with Crippen LogP contribution in [0.25, 0.3) is 0 Å². The summed E-state index contributed by atoms with van der Waals surface area (Å²) in [4.78, 5) is 11.8. The number of ether oxygens (including phenoxy) is 1. The molecule has 0 aliphatic rings. The van der Waals surface area contributed by atoms with Gasteiger partial charge in [0.2, 0.25) is 0 Å². The number of aryl methyl sites for hydroxylation is 1. The molecular weight excluding hydrogens is 331 g/mol. The molecule has 23 heavy (non-hydrogen) atoms. The minimum atomic E-state index is -4.46. The molecule has 7 heteroatoms. The number of alkyl halides is 3. The number of amides is 1. The highest BCUT2D eigenvalue weighted by Gasteiger charge is 2.30. The van der Waals surface area contributed by atoms with Gasteiger partial charge in [-0.15, -0.1) is 0 Å². The van der Waals surface area contributed by atoms with Crippen LogP contribution in [0.2, 0.25) is 5.02 Å². The topological polar surface area (TPSA) is 38.3 Å². The third kappa shape index (κ3) is 4.89. The van der Waals surface area contributed by atoms with Gasteiger partial charge >= 0.3 is 6.18 Å². The molecule has 0 atom stereocenters. The maximum Gasteiger partial charge on any atom is 0.416 e. The summed E-state index contributed by atoms with van der Waals surface area (Å²) in [5.74, 6) is -0.108. The van der Waals surface area contributed by atoms with Crippen LogP contribution < -0.4 is 10.1 Å². The van der Waals surface area contributed by atoms with E-state index in [0.717, 1.165) is 17.7 Å². The summed E-state index contributed by atoms with van der Waals surface area (Å²) in [5, 5.41) is 2.94. The quantitative estimate of drug-likeness (QED) is 0.875. The van der Waals surface area contributed by atoms with Crippen molar-refractivity contribution in [2.75, 3.05) is 11.9 Å². The van der Waals surface area contributed by atoms with Gasteiger partial charge in [0, 0.05) is 10.7 Å². The molecule has 0 spiro atoms. The zero-order valence-corrected chi connectivity index (χ0v) is 12.8. The maximum absolute atomic E-state index is 12.6.